The molecule has 0 aliphatic heterocycles. The van der Waals surface area contributed by atoms with Gasteiger partial charge in [0.2, 0.25) is 0 Å². The maximum atomic E-state index is 11.0. The van der Waals surface area contributed by atoms with Gasteiger partial charge in [-0.05, 0) is 30.7 Å². The van der Waals surface area contributed by atoms with Crippen molar-refractivity contribution in [3.8, 4) is 11.5 Å². The van der Waals surface area contributed by atoms with Crippen molar-refractivity contribution in [3.05, 3.63) is 53.3 Å². The van der Waals surface area contributed by atoms with Gasteiger partial charge in [-0.15, -0.1) is 0 Å². The van der Waals surface area contributed by atoms with E-state index in [1.165, 1.54) is 0 Å². The molecule has 0 aliphatic carbocycles. The van der Waals surface area contributed by atoms with Gasteiger partial charge in [0.1, 0.15) is 18.1 Å². The summed E-state index contributed by atoms with van der Waals surface area (Å²) in [4.78, 5) is 15.1. The first-order valence-corrected chi connectivity index (χ1v) is 5.89. The third kappa shape index (κ3) is 3.31. The molecule has 0 saturated heterocycles. The highest BCUT2D eigenvalue weighted by Gasteiger charge is 2.05. The third-order valence-electron chi connectivity index (χ3n) is 2.67. The number of benzene rings is 1. The van der Waals surface area contributed by atoms with Crippen LogP contribution in [-0.2, 0) is 6.61 Å². The van der Waals surface area contributed by atoms with E-state index in [1.54, 1.807) is 37.7 Å². The summed E-state index contributed by atoms with van der Waals surface area (Å²) in [5, 5.41) is 0. The number of hydrogen-bond acceptors (Lipinski definition) is 4. The summed E-state index contributed by atoms with van der Waals surface area (Å²) in [6.07, 6.45) is 4.29. The Balaban J connectivity index is 2.16. The second-order valence-electron chi connectivity index (χ2n) is 4.18. The molecule has 0 spiro atoms. The summed E-state index contributed by atoms with van der Waals surface area (Å²) >= 11 is 0. The molecule has 1 aromatic carbocycles. The average Bonchev–Trinajstić information content (AvgIpc) is 2.45. The Hall–Kier alpha value is -2.36. The summed E-state index contributed by atoms with van der Waals surface area (Å²) in [7, 11) is 1.57. The Morgan fingerprint density at radius 1 is 1.26 bits per heavy atom. The Bertz CT molecular complexity index is 581. The van der Waals surface area contributed by atoms with Crippen molar-refractivity contribution in [3.63, 3.8) is 0 Å². The van der Waals surface area contributed by atoms with Crippen LogP contribution in [0.1, 0.15) is 21.5 Å². The number of methoxy groups -OCH3 is 1. The van der Waals surface area contributed by atoms with Crippen molar-refractivity contribution in [2.75, 3.05) is 7.11 Å². The van der Waals surface area contributed by atoms with Crippen LogP contribution < -0.4 is 9.47 Å². The number of hydrogen-bond donors (Lipinski definition) is 0. The van der Waals surface area contributed by atoms with Crippen LogP contribution in [-0.4, -0.2) is 18.4 Å². The Kier molecular flexibility index (Phi) is 4.13. The highest BCUT2D eigenvalue weighted by atomic mass is 16.5. The maximum Gasteiger partial charge on any atom is 0.153 e. The molecule has 0 N–H and O–H groups in total. The number of nitrogens with zero attached hydrogens (tertiary/aromatic N) is 1. The molecule has 19 heavy (non-hydrogen) atoms. The first-order valence-electron chi connectivity index (χ1n) is 5.89. The normalized spacial score (nSPS) is 10.0. The number of aldehydes is 1. The summed E-state index contributed by atoms with van der Waals surface area (Å²) < 4.78 is 10.8. The summed E-state index contributed by atoms with van der Waals surface area (Å²) in [6.45, 7) is 2.33. The molecule has 2 rings (SSSR count). The zero-order chi connectivity index (χ0) is 13.7. The van der Waals surface area contributed by atoms with Gasteiger partial charge in [-0.3, -0.25) is 9.78 Å². The van der Waals surface area contributed by atoms with E-state index >= 15 is 0 Å². The van der Waals surface area contributed by atoms with Crippen molar-refractivity contribution in [2.24, 2.45) is 0 Å². The number of aryl methyl sites for hydroxylation is 1. The van der Waals surface area contributed by atoms with E-state index in [-0.39, 0.29) is 0 Å². The molecular formula is C15H15NO3. The van der Waals surface area contributed by atoms with E-state index < -0.39 is 0 Å². The Morgan fingerprint density at radius 3 is 2.79 bits per heavy atom. The molecule has 1 aromatic heterocycles. The second-order valence-corrected chi connectivity index (χ2v) is 4.18. The summed E-state index contributed by atoms with van der Waals surface area (Å²) in [6, 6.07) is 7.10. The van der Waals surface area contributed by atoms with Crippen molar-refractivity contribution in [1.29, 1.82) is 0 Å². The van der Waals surface area contributed by atoms with Crippen molar-refractivity contribution < 1.29 is 14.3 Å². The second kappa shape index (κ2) is 6.00. The molecule has 98 valence electrons. The lowest BCUT2D eigenvalue weighted by Crippen LogP contribution is -1.99. The van der Waals surface area contributed by atoms with Crippen LogP contribution in [0, 0.1) is 6.92 Å². The van der Waals surface area contributed by atoms with Crippen molar-refractivity contribution in [1.82, 2.24) is 4.98 Å². The smallest absolute Gasteiger partial charge is 0.153 e. The van der Waals surface area contributed by atoms with Gasteiger partial charge >= 0.3 is 0 Å². The van der Waals surface area contributed by atoms with Crippen LogP contribution in [0.25, 0.3) is 0 Å². The van der Waals surface area contributed by atoms with Gasteiger partial charge in [0.15, 0.2) is 6.29 Å². The molecule has 2 aromatic rings. The van der Waals surface area contributed by atoms with Crippen molar-refractivity contribution in [2.45, 2.75) is 13.5 Å². The van der Waals surface area contributed by atoms with E-state index in [0.717, 1.165) is 17.4 Å². The van der Waals surface area contributed by atoms with Gasteiger partial charge in [-0.25, -0.2) is 0 Å². The molecule has 0 saturated carbocycles. The molecule has 0 radical (unpaired) electrons. The lowest BCUT2D eigenvalue weighted by atomic mass is 10.2. The van der Waals surface area contributed by atoms with Gasteiger partial charge < -0.3 is 9.47 Å². The Labute approximate surface area is 112 Å². The van der Waals surface area contributed by atoms with Crippen LogP contribution in [0.4, 0.5) is 0 Å². The molecule has 0 aliphatic rings. The molecule has 4 nitrogen and oxygen atoms in total. The van der Waals surface area contributed by atoms with E-state index in [9.17, 15) is 4.79 Å². The fourth-order valence-electron chi connectivity index (χ4n) is 1.72. The fraction of sp³-hybridized carbons (Fsp3) is 0.200. The van der Waals surface area contributed by atoms with E-state index in [4.69, 9.17) is 9.47 Å². The quantitative estimate of drug-likeness (QED) is 0.773. The predicted molar refractivity (Wildman–Crippen MR) is 71.7 cm³/mol. The zero-order valence-corrected chi connectivity index (χ0v) is 10.9. The predicted octanol–water partition coefficient (Wildman–Crippen LogP) is 2.79. The molecule has 0 unspecified atom stereocenters. The zero-order valence-electron chi connectivity index (χ0n) is 10.9. The van der Waals surface area contributed by atoms with Crippen molar-refractivity contribution >= 4 is 6.29 Å². The van der Waals surface area contributed by atoms with Crippen LogP contribution >= 0.6 is 0 Å². The monoisotopic (exact) mass is 257 g/mol. The molecule has 1 heterocycles. The molecule has 0 amide bonds. The van der Waals surface area contributed by atoms with Crippen LogP contribution in [0.15, 0.2) is 36.7 Å². The van der Waals surface area contributed by atoms with Crippen LogP contribution in [0.5, 0.6) is 11.5 Å². The minimum absolute atomic E-state index is 0.364. The highest BCUT2D eigenvalue weighted by Crippen LogP contribution is 2.24. The molecular weight excluding hydrogens is 242 g/mol. The lowest BCUT2D eigenvalue weighted by Gasteiger charge is -2.10. The molecule has 0 fully saturated rings. The first-order chi connectivity index (χ1) is 9.22. The Morgan fingerprint density at radius 2 is 2.11 bits per heavy atom. The van der Waals surface area contributed by atoms with Gasteiger partial charge in [0.25, 0.3) is 0 Å². The van der Waals surface area contributed by atoms with Gasteiger partial charge in [0, 0.05) is 24.0 Å². The van der Waals surface area contributed by atoms with E-state index in [1.807, 2.05) is 13.0 Å². The largest absolute Gasteiger partial charge is 0.497 e. The minimum atomic E-state index is 0.364. The molecule has 0 bridgehead atoms. The maximum absolute atomic E-state index is 11.0. The SMILES string of the molecule is COc1ccc(C=O)c(OCc2cncc(C)c2)c1. The highest BCUT2D eigenvalue weighted by molar-refractivity contribution is 5.79. The van der Waals surface area contributed by atoms with Gasteiger partial charge in [-0.1, -0.05) is 0 Å². The van der Waals surface area contributed by atoms with E-state index in [2.05, 4.69) is 4.98 Å². The minimum Gasteiger partial charge on any atom is -0.497 e. The fourth-order valence-corrected chi connectivity index (χ4v) is 1.72. The average molecular weight is 257 g/mol. The van der Waals surface area contributed by atoms with Crippen LogP contribution in [0.2, 0.25) is 0 Å². The summed E-state index contributed by atoms with van der Waals surface area (Å²) in [5.41, 5.74) is 2.53. The number of aromatic nitrogens is 1. The van der Waals surface area contributed by atoms with Gasteiger partial charge in [0.05, 0.1) is 12.7 Å². The number of pyridine rings is 1. The standard InChI is InChI=1S/C15H15NO3/c1-11-5-12(8-16-7-11)10-19-15-6-14(18-2)4-3-13(15)9-17/h3-9H,10H2,1-2H3. The molecule has 4 heteroatoms. The number of carbonyl (C=O) groups excluding carboxylic acids is 1. The number of rotatable bonds is 5. The van der Waals surface area contributed by atoms with Gasteiger partial charge in [-0.2, -0.15) is 0 Å². The topological polar surface area (TPSA) is 48.4 Å². The first kappa shape index (κ1) is 13.1. The number of carbonyl (C=O) groups is 1. The van der Waals surface area contributed by atoms with Crippen LogP contribution in [0.3, 0.4) is 0 Å². The van der Waals surface area contributed by atoms with E-state index in [0.29, 0.717) is 23.7 Å². The summed E-state index contributed by atoms with van der Waals surface area (Å²) in [5.74, 6) is 1.17. The lowest BCUT2D eigenvalue weighted by molar-refractivity contribution is 0.111. The molecule has 0 atom stereocenters. The number of ether oxygens (including phenoxy) is 2. The third-order valence-corrected chi connectivity index (χ3v) is 2.67.